The van der Waals surface area contributed by atoms with Gasteiger partial charge in [-0.15, -0.1) is 11.8 Å². The van der Waals surface area contributed by atoms with E-state index in [4.69, 9.17) is 5.41 Å². The van der Waals surface area contributed by atoms with Gasteiger partial charge in [-0.05, 0) is 32.4 Å². The summed E-state index contributed by atoms with van der Waals surface area (Å²) < 4.78 is -1.11. The molecule has 5 unspecified atom stereocenters. The highest BCUT2D eigenvalue weighted by atomic mass is 32.2. The Hall–Kier alpha value is -2.11. The molecule has 0 radical (unpaired) electrons. The molecule has 0 saturated carbocycles. The molecule has 4 aliphatic rings. The molecule has 11 heteroatoms. The minimum atomic E-state index is -1.13. The first-order chi connectivity index (χ1) is 15.1. The third-order valence-corrected chi connectivity index (χ3v) is 9.08. The fraction of sp³-hybridized carbons (Fsp3) is 0.714. The predicted molar refractivity (Wildman–Crippen MR) is 119 cm³/mol. The summed E-state index contributed by atoms with van der Waals surface area (Å²) in [6, 6.07) is -0.689. The summed E-state index contributed by atoms with van der Waals surface area (Å²) >= 11 is 1.41. The fourth-order valence-electron chi connectivity index (χ4n) is 5.58. The first-order valence-electron chi connectivity index (χ1n) is 11.0. The normalized spacial score (nSPS) is 35.9. The van der Waals surface area contributed by atoms with E-state index in [-0.39, 0.29) is 34.7 Å². The van der Waals surface area contributed by atoms with Crippen LogP contribution in [0.15, 0.2) is 11.8 Å². The largest absolute Gasteiger partial charge is 0.477 e. The zero-order chi connectivity index (χ0) is 23.4. The van der Waals surface area contributed by atoms with Gasteiger partial charge in [0.25, 0.3) is 0 Å². The van der Waals surface area contributed by atoms with Crippen LogP contribution in [-0.4, -0.2) is 122 Å². The maximum absolute atomic E-state index is 13.2. The SMILES string of the molecule is CC1C=C(C(=O)O)N2C(=O)C(SC3CC(C(=O)N4CCN(C=N)CC4)N(C)C3)(C(C)O)[C@H]12. The summed E-state index contributed by atoms with van der Waals surface area (Å²) in [5.41, 5.74) is -0.00923. The number of likely N-dealkylation sites (N-methyl/N-ethyl adjacent to an activating group) is 1. The van der Waals surface area contributed by atoms with Crippen molar-refractivity contribution in [3.05, 3.63) is 11.8 Å². The third kappa shape index (κ3) is 3.41. The van der Waals surface area contributed by atoms with E-state index in [1.54, 1.807) is 13.0 Å². The van der Waals surface area contributed by atoms with Crippen LogP contribution in [0.5, 0.6) is 0 Å². The Morgan fingerprint density at radius 2 is 1.97 bits per heavy atom. The molecule has 4 rings (SSSR count). The van der Waals surface area contributed by atoms with Crippen molar-refractivity contribution >= 4 is 35.9 Å². The quantitative estimate of drug-likeness (QED) is 0.272. The highest BCUT2D eigenvalue weighted by Gasteiger charge is 2.69. The molecule has 0 bridgehead atoms. The number of aliphatic hydroxyl groups excluding tert-OH is 1. The Bertz CT molecular complexity index is 858. The van der Waals surface area contributed by atoms with Crippen molar-refractivity contribution in [3.8, 4) is 0 Å². The van der Waals surface area contributed by atoms with Crippen LogP contribution in [0.2, 0.25) is 0 Å². The molecule has 0 aromatic carbocycles. The number of carbonyl (C=O) groups excluding carboxylic acids is 2. The van der Waals surface area contributed by atoms with Crippen LogP contribution >= 0.6 is 11.8 Å². The first-order valence-corrected chi connectivity index (χ1v) is 11.9. The second-order valence-electron chi connectivity index (χ2n) is 9.23. The summed E-state index contributed by atoms with van der Waals surface area (Å²) in [6.45, 7) is 6.56. The van der Waals surface area contributed by atoms with E-state index in [1.807, 2.05) is 28.7 Å². The standard InChI is InChI=1S/C21H31N5O5S/c1-12-8-16(19(29)30)26-17(12)21(13(2)27,20(26)31)32-14-9-15(23(3)10-14)18(28)25-6-4-24(11-22)5-7-25/h8,11-15,17,22,27H,4-7,9-10H2,1-3H3,(H,29,30)/t12?,13?,14?,15?,17-,21?/m0/s1. The first kappa shape index (κ1) is 23.1. The number of rotatable bonds is 6. The Labute approximate surface area is 191 Å². The molecule has 0 aliphatic carbocycles. The van der Waals surface area contributed by atoms with E-state index in [9.17, 15) is 24.6 Å². The minimum Gasteiger partial charge on any atom is -0.477 e. The molecule has 4 aliphatic heterocycles. The van der Waals surface area contributed by atoms with Crippen molar-refractivity contribution in [3.63, 3.8) is 0 Å². The fourth-order valence-corrected chi connectivity index (χ4v) is 7.57. The Morgan fingerprint density at radius 3 is 2.53 bits per heavy atom. The van der Waals surface area contributed by atoms with E-state index in [1.165, 1.54) is 23.0 Å². The number of aliphatic hydroxyl groups is 1. The minimum absolute atomic E-state index is 0.00923. The second-order valence-corrected chi connectivity index (χ2v) is 10.8. The molecule has 3 saturated heterocycles. The number of carbonyl (C=O) groups is 3. The summed E-state index contributed by atoms with van der Waals surface area (Å²) in [7, 11) is 1.91. The topological polar surface area (TPSA) is 128 Å². The number of fused-ring (bicyclic) bond motifs is 1. The van der Waals surface area contributed by atoms with E-state index in [0.717, 1.165) is 0 Å². The summed E-state index contributed by atoms with van der Waals surface area (Å²) in [4.78, 5) is 45.0. The second kappa shape index (κ2) is 8.35. The molecule has 3 N–H and O–H groups in total. The van der Waals surface area contributed by atoms with Gasteiger partial charge < -0.3 is 20.0 Å². The molecule has 4 heterocycles. The molecule has 0 aromatic rings. The highest BCUT2D eigenvalue weighted by Crippen LogP contribution is 2.55. The number of likely N-dealkylation sites (tertiary alicyclic amines) is 1. The van der Waals surface area contributed by atoms with Crippen molar-refractivity contribution in [1.29, 1.82) is 5.41 Å². The molecule has 0 spiro atoms. The maximum Gasteiger partial charge on any atom is 0.352 e. The number of nitrogens with zero attached hydrogens (tertiary/aromatic N) is 4. The van der Waals surface area contributed by atoms with Crippen molar-refractivity contribution in [2.24, 2.45) is 5.92 Å². The Morgan fingerprint density at radius 1 is 1.31 bits per heavy atom. The van der Waals surface area contributed by atoms with Gasteiger partial charge in [-0.2, -0.15) is 0 Å². The van der Waals surface area contributed by atoms with E-state index < -0.39 is 22.9 Å². The molecule has 10 nitrogen and oxygen atoms in total. The number of carboxylic acids is 1. The molecule has 6 atom stereocenters. The lowest BCUT2D eigenvalue weighted by Gasteiger charge is -2.56. The summed E-state index contributed by atoms with van der Waals surface area (Å²) in [6.07, 6.45) is 2.53. The zero-order valence-electron chi connectivity index (χ0n) is 18.6. The van der Waals surface area contributed by atoms with Crippen molar-refractivity contribution < 1.29 is 24.6 Å². The van der Waals surface area contributed by atoms with E-state index in [0.29, 0.717) is 39.1 Å². The van der Waals surface area contributed by atoms with Crippen molar-refractivity contribution in [1.82, 2.24) is 19.6 Å². The van der Waals surface area contributed by atoms with Crippen LogP contribution in [0.25, 0.3) is 0 Å². The van der Waals surface area contributed by atoms with Gasteiger partial charge in [0.05, 0.1) is 24.5 Å². The van der Waals surface area contributed by atoms with Crippen molar-refractivity contribution in [2.75, 3.05) is 39.8 Å². The molecular weight excluding hydrogens is 434 g/mol. The van der Waals surface area contributed by atoms with Gasteiger partial charge in [0.15, 0.2) is 0 Å². The average Bonchev–Trinajstić information content (AvgIpc) is 3.28. The zero-order valence-corrected chi connectivity index (χ0v) is 19.4. The summed E-state index contributed by atoms with van der Waals surface area (Å²) in [5, 5.41) is 27.5. The van der Waals surface area contributed by atoms with E-state index >= 15 is 0 Å². The van der Waals surface area contributed by atoms with Crippen LogP contribution < -0.4 is 0 Å². The van der Waals surface area contributed by atoms with Gasteiger partial charge in [-0.3, -0.25) is 24.8 Å². The van der Waals surface area contributed by atoms with Crippen LogP contribution in [0.3, 0.4) is 0 Å². The number of amides is 2. The average molecular weight is 466 g/mol. The van der Waals surface area contributed by atoms with Gasteiger partial charge >= 0.3 is 5.97 Å². The molecule has 2 amide bonds. The number of aliphatic carboxylic acids is 1. The highest BCUT2D eigenvalue weighted by molar-refractivity contribution is 8.02. The number of piperazine rings is 1. The van der Waals surface area contributed by atoms with Crippen molar-refractivity contribution in [2.45, 2.75) is 48.5 Å². The molecule has 32 heavy (non-hydrogen) atoms. The smallest absolute Gasteiger partial charge is 0.352 e. The molecular formula is C21H31N5O5S. The molecule has 0 aromatic heterocycles. The lowest BCUT2D eigenvalue weighted by Crippen LogP contribution is -2.76. The number of thioether (sulfide) groups is 1. The summed E-state index contributed by atoms with van der Waals surface area (Å²) in [5.74, 6) is -1.61. The monoisotopic (exact) mass is 465 g/mol. The van der Waals surface area contributed by atoms with E-state index in [2.05, 4.69) is 0 Å². The lowest BCUT2D eigenvalue weighted by molar-refractivity contribution is -0.158. The lowest BCUT2D eigenvalue weighted by atomic mass is 9.78. The Kier molecular flexibility index (Phi) is 6.01. The Balaban J connectivity index is 1.46. The van der Waals surface area contributed by atoms with Gasteiger partial charge in [-0.1, -0.05) is 6.92 Å². The predicted octanol–water partition coefficient (Wildman–Crippen LogP) is -0.508. The number of nitrogens with one attached hydrogen (secondary N) is 1. The maximum atomic E-state index is 13.2. The number of carboxylic acid groups (broad SMARTS) is 1. The van der Waals surface area contributed by atoms with Gasteiger partial charge in [-0.25, -0.2) is 4.79 Å². The van der Waals surface area contributed by atoms with Crippen LogP contribution in [0.1, 0.15) is 20.3 Å². The van der Waals surface area contributed by atoms with Gasteiger partial charge in [0.2, 0.25) is 11.8 Å². The molecule has 176 valence electrons. The van der Waals surface area contributed by atoms with Crippen LogP contribution in [-0.2, 0) is 14.4 Å². The van der Waals surface area contributed by atoms with Gasteiger partial charge in [0, 0.05) is 38.0 Å². The third-order valence-electron chi connectivity index (χ3n) is 7.25. The molecule has 3 fully saturated rings. The van der Waals surface area contributed by atoms with Crippen LogP contribution in [0.4, 0.5) is 0 Å². The number of β-lactam (4-membered cyclic amide) rings is 1. The van der Waals surface area contributed by atoms with Gasteiger partial charge in [0.1, 0.15) is 10.4 Å². The number of hydrogen-bond donors (Lipinski definition) is 3. The van der Waals surface area contributed by atoms with Crippen LogP contribution in [0, 0.1) is 11.3 Å². The number of hydrogen-bond acceptors (Lipinski definition) is 7.